The Morgan fingerprint density at radius 2 is 2.15 bits per heavy atom. The minimum atomic E-state index is -0.906. The van der Waals surface area contributed by atoms with Gasteiger partial charge in [-0.2, -0.15) is 0 Å². The van der Waals surface area contributed by atoms with Crippen molar-refractivity contribution >= 4 is 40.3 Å². The summed E-state index contributed by atoms with van der Waals surface area (Å²) < 4.78 is 5.46. The average Bonchev–Trinajstić information content (AvgIpc) is 3.28. The lowest BCUT2D eigenvalue weighted by molar-refractivity contribution is -0.155. The molecule has 136 valence electrons. The number of H-pyrrole nitrogens is 1. The minimum absolute atomic E-state index is 0.0185. The Labute approximate surface area is 155 Å². The van der Waals surface area contributed by atoms with Crippen molar-refractivity contribution in [3.05, 3.63) is 36.0 Å². The summed E-state index contributed by atoms with van der Waals surface area (Å²) in [5, 5.41) is 0.805. The van der Waals surface area contributed by atoms with Crippen LogP contribution >= 0.6 is 11.8 Å². The van der Waals surface area contributed by atoms with Crippen molar-refractivity contribution < 1.29 is 19.1 Å². The highest BCUT2D eigenvalue weighted by atomic mass is 32.2. The number of fused-ring (bicyclic) bond motifs is 2. The quantitative estimate of drug-likeness (QED) is 0.659. The van der Waals surface area contributed by atoms with Gasteiger partial charge in [0.2, 0.25) is 11.7 Å². The van der Waals surface area contributed by atoms with E-state index in [-0.39, 0.29) is 16.6 Å². The molecule has 0 aliphatic carbocycles. The average molecular weight is 372 g/mol. The summed E-state index contributed by atoms with van der Waals surface area (Å²) in [7, 11) is 0. The number of rotatable bonds is 4. The fraction of sp³-hybridized carbons (Fsp3) is 0.421. The van der Waals surface area contributed by atoms with E-state index >= 15 is 0 Å². The van der Waals surface area contributed by atoms with Gasteiger partial charge >= 0.3 is 5.97 Å². The molecule has 3 heterocycles. The molecule has 0 saturated carbocycles. The van der Waals surface area contributed by atoms with Crippen LogP contribution in [0.5, 0.6) is 0 Å². The van der Waals surface area contributed by atoms with Crippen molar-refractivity contribution in [1.29, 1.82) is 0 Å². The lowest BCUT2D eigenvalue weighted by Gasteiger charge is -2.29. The number of para-hydroxylation sites is 1. The van der Waals surface area contributed by atoms with Crippen LogP contribution in [0, 0.1) is 0 Å². The zero-order valence-corrected chi connectivity index (χ0v) is 15.5. The maximum Gasteiger partial charge on any atom is 0.330 e. The third-order valence-electron chi connectivity index (χ3n) is 5.23. The van der Waals surface area contributed by atoms with E-state index in [9.17, 15) is 14.4 Å². The number of aromatic nitrogens is 1. The first-order valence-corrected chi connectivity index (χ1v) is 9.66. The van der Waals surface area contributed by atoms with E-state index in [0.29, 0.717) is 17.7 Å². The predicted octanol–water partition coefficient (Wildman–Crippen LogP) is 2.74. The Balaban J connectivity index is 1.49. The third kappa shape index (κ3) is 2.61. The van der Waals surface area contributed by atoms with Crippen molar-refractivity contribution in [2.75, 3.05) is 5.75 Å². The van der Waals surface area contributed by atoms with Crippen molar-refractivity contribution in [3.63, 3.8) is 0 Å². The summed E-state index contributed by atoms with van der Waals surface area (Å²) in [6.45, 7) is 3.56. The number of carbonyl (C=O) groups is 3. The van der Waals surface area contributed by atoms with Crippen LogP contribution in [0.15, 0.2) is 30.5 Å². The molecule has 26 heavy (non-hydrogen) atoms. The van der Waals surface area contributed by atoms with Crippen molar-refractivity contribution in [1.82, 2.24) is 9.88 Å². The van der Waals surface area contributed by atoms with E-state index in [4.69, 9.17) is 4.74 Å². The molecule has 1 aromatic carbocycles. The van der Waals surface area contributed by atoms with Crippen LogP contribution in [0.1, 0.15) is 37.0 Å². The molecule has 2 fully saturated rings. The zero-order valence-electron chi connectivity index (χ0n) is 14.7. The predicted molar refractivity (Wildman–Crippen MR) is 98.9 cm³/mol. The number of nitrogens with one attached hydrogen (secondary N) is 1. The molecular formula is C19H20N2O4S. The van der Waals surface area contributed by atoms with Crippen LogP contribution in [-0.4, -0.2) is 50.3 Å². The Hall–Kier alpha value is -2.28. The maximum atomic E-state index is 12.7. The van der Waals surface area contributed by atoms with E-state index in [1.807, 2.05) is 31.2 Å². The van der Waals surface area contributed by atoms with Crippen LogP contribution in [0.25, 0.3) is 10.9 Å². The number of Topliss-reactive ketones (excluding diaryl/α,β-unsaturated/α-hetero) is 1. The highest BCUT2D eigenvalue weighted by Crippen LogP contribution is 2.47. The number of nitrogens with zero attached hydrogens (tertiary/aromatic N) is 1. The lowest BCUT2D eigenvalue weighted by Crippen LogP contribution is -2.47. The van der Waals surface area contributed by atoms with E-state index in [1.165, 1.54) is 0 Å². The van der Waals surface area contributed by atoms with Gasteiger partial charge in [0.1, 0.15) is 6.04 Å². The largest absolute Gasteiger partial charge is 0.453 e. The summed E-state index contributed by atoms with van der Waals surface area (Å²) in [4.78, 5) is 41.9. The molecule has 0 spiro atoms. The molecule has 1 N–H and O–H groups in total. The van der Waals surface area contributed by atoms with Gasteiger partial charge in [0, 0.05) is 34.8 Å². The zero-order chi connectivity index (χ0) is 18.5. The number of aromatic amines is 1. The van der Waals surface area contributed by atoms with Gasteiger partial charge in [0.05, 0.1) is 4.87 Å². The molecule has 1 aromatic heterocycles. The van der Waals surface area contributed by atoms with Crippen molar-refractivity contribution in [2.24, 2.45) is 0 Å². The van der Waals surface area contributed by atoms with Crippen LogP contribution < -0.4 is 0 Å². The lowest BCUT2D eigenvalue weighted by atomic mass is 10.1. The van der Waals surface area contributed by atoms with Crippen molar-refractivity contribution in [3.8, 4) is 0 Å². The van der Waals surface area contributed by atoms with Crippen LogP contribution in [-0.2, 0) is 14.3 Å². The third-order valence-corrected chi connectivity index (χ3v) is 6.74. The number of esters is 1. The highest BCUT2D eigenvalue weighted by molar-refractivity contribution is 8.01. The first kappa shape index (κ1) is 17.1. The molecule has 0 radical (unpaired) electrons. The molecule has 2 aliphatic rings. The summed E-state index contributed by atoms with van der Waals surface area (Å²) >= 11 is 1.60. The van der Waals surface area contributed by atoms with E-state index < -0.39 is 18.1 Å². The van der Waals surface area contributed by atoms with Crippen LogP contribution in [0.3, 0.4) is 0 Å². The topological polar surface area (TPSA) is 79.5 Å². The molecular weight excluding hydrogens is 352 g/mol. The Kier molecular flexibility index (Phi) is 4.06. The molecule has 7 heteroatoms. The van der Waals surface area contributed by atoms with E-state index in [2.05, 4.69) is 4.98 Å². The van der Waals surface area contributed by atoms with Crippen LogP contribution in [0.2, 0.25) is 0 Å². The summed E-state index contributed by atoms with van der Waals surface area (Å²) in [6.07, 6.45) is 1.93. The molecule has 0 unspecified atom stereocenters. The van der Waals surface area contributed by atoms with Crippen molar-refractivity contribution in [2.45, 2.75) is 43.7 Å². The second kappa shape index (κ2) is 6.16. The first-order chi connectivity index (χ1) is 12.4. The number of ether oxygens (including phenoxy) is 1. The number of ketones is 1. The van der Waals surface area contributed by atoms with Gasteiger partial charge in [-0.25, -0.2) is 4.79 Å². The standard InChI is InChI=1S/C19H20N2O4S/c1-11(17(23)13-9-20-14-6-4-3-5-12(13)14)25-18(24)15-10-26-19(2)8-7-16(22)21(15)19/h3-6,9,11,15,20H,7-8,10H2,1-2H3/t11-,15+,19-/m0/s1. The molecule has 4 rings (SSSR count). The molecule has 6 nitrogen and oxygen atoms in total. The normalized spacial score (nSPS) is 26.2. The second-order valence-corrected chi connectivity index (χ2v) is 8.46. The number of hydrogen-bond donors (Lipinski definition) is 1. The SMILES string of the molecule is C[C@H](OC(=O)[C@H]1CS[C@@]2(C)CCC(=O)N12)C(=O)c1c[nH]c2ccccc12. The fourth-order valence-corrected chi connectivity index (χ4v) is 5.21. The number of benzene rings is 1. The molecule has 1 amide bonds. The molecule has 2 saturated heterocycles. The Morgan fingerprint density at radius 1 is 1.38 bits per heavy atom. The van der Waals surface area contributed by atoms with Gasteiger partial charge in [0.15, 0.2) is 6.10 Å². The Bertz CT molecular complexity index is 908. The molecule has 0 bridgehead atoms. The van der Waals surface area contributed by atoms with Gasteiger partial charge in [-0.3, -0.25) is 9.59 Å². The highest BCUT2D eigenvalue weighted by Gasteiger charge is 2.53. The molecule has 3 atom stereocenters. The Morgan fingerprint density at radius 3 is 2.96 bits per heavy atom. The maximum absolute atomic E-state index is 12.7. The smallest absolute Gasteiger partial charge is 0.330 e. The van der Waals surface area contributed by atoms with E-state index in [0.717, 1.165) is 17.3 Å². The van der Waals surface area contributed by atoms with Gasteiger partial charge in [-0.05, 0) is 26.3 Å². The number of hydrogen-bond acceptors (Lipinski definition) is 5. The number of carbonyl (C=O) groups excluding carboxylic acids is 3. The number of thioether (sulfide) groups is 1. The monoisotopic (exact) mass is 372 g/mol. The minimum Gasteiger partial charge on any atom is -0.453 e. The number of amides is 1. The van der Waals surface area contributed by atoms with Gasteiger partial charge in [-0.15, -0.1) is 11.8 Å². The van der Waals surface area contributed by atoms with E-state index in [1.54, 1.807) is 29.8 Å². The summed E-state index contributed by atoms with van der Waals surface area (Å²) in [6, 6.07) is 6.88. The first-order valence-electron chi connectivity index (χ1n) is 8.68. The molecule has 2 aliphatic heterocycles. The molecule has 2 aromatic rings. The fourth-order valence-electron chi connectivity index (χ4n) is 3.80. The van der Waals surface area contributed by atoms with Gasteiger partial charge in [-0.1, -0.05) is 18.2 Å². The van der Waals surface area contributed by atoms with Gasteiger partial charge < -0.3 is 14.6 Å². The van der Waals surface area contributed by atoms with Gasteiger partial charge in [0.25, 0.3) is 0 Å². The van der Waals surface area contributed by atoms with Crippen LogP contribution in [0.4, 0.5) is 0 Å². The summed E-state index contributed by atoms with van der Waals surface area (Å²) in [5.41, 5.74) is 1.36. The summed E-state index contributed by atoms with van der Waals surface area (Å²) in [5.74, 6) is -0.265. The second-order valence-electron chi connectivity index (χ2n) is 6.96.